The summed E-state index contributed by atoms with van der Waals surface area (Å²) in [5.41, 5.74) is 3.93. The van der Waals surface area contributed by atoms with Crippen molar-refractivity contribution in [2.24, 2.45) is 0 Å². The third-order valence-corrected chi connectivity index (χ3v) is 5.58. The maximum Gasteiger partial charge on any atom is 0.239 e. The second-order valence-corrected chi connectivity index (χ2v) is 8.67. The predicted molar refractivity (Wildman–Crippen MR) is 108 cm³/mol. The van der Waals surface area contributed by atoms with Crippen molar-refractivity contribution in [3.63, 3.8) is 0 Å². The van der Waals surface area contributed by atoms with Crippen LogP contribution in [0.15, 0.2) is 42.7 Å². The number of ether oxygens (including phenoxy) is 1. The number of aromatic nitrogens is 2. The van der Waals surface area contributed by atoms with E-state index < -0.39 is 15.9 Å². The molecule has 0 radical (unpaired) electrons. The van der Waals surface area contributed by atoms with Crippen LogP contribution in [0.25, 0.3) is 16.9 Å². The molecule has 0 spiro atoms. The van der Waals surface area contributed by atoms with Crippen molar-refractivity contribution in [1.29, 1.82) is 0 Å². The van der Waals surface area contributed by atoms with E-state index in [1.807, 2.05) is 41.9 Å². The number of hydrogen-bond donors (Lipinski definition) is 1. The van der Waals surface area contributed by atoms with Crippen LogP contribution in [0.5, 0.6) is 5.75 Å². The second-order valence-electron chi connectivity index (χ2n) is 6.58. The van der Waals surface area contributed by atoms with Crippen molar-refractivity contribution in [1.82, 2.24) is 13.7 Å². The van der Waals surface area contributed by atoms with Crippen LogP contribution < -0.4 is 10.1 Å². The third kappa shape index (κ3) is 4.32. The molecule has 9 heteroatoms. The van der Waals surface area contributed by atoms with Crippen LogP contribution in [0, 0.1) is 6.92 Å². The number of nitrogens with one attached hydrogen (secondary N) is 1. The second kappa shape index (κ2) is 7.61. The summed E-state index contributed by atoms with van der Waals surface area (Å²) in [7, 11) is -0.597. The van der Waals surface area contributed by atoms with E-state index in [2.05, 4.69) is 10.3 Å². The number of carbonyl (C=O) groups is 1. The largest absolute Gasteiger partial charge is 0.495 e. The molecule has 0 saturated carbocycles. The summed E-state index contributed by atoms with van der Waals surface area (Å²) in [6, 6.07) is 9.32. The molecule has 148 valence electrons. The lowest BCUT2D eigenvalue weighted by molar-refractivity contribution is -0.116. The number of amides is 1. The Balaban J connectivity index is 1.90. The molecule has 8 nitrogen and oxygen atoms in total. The molecular weight excluding hydrogens is 380 g/mol. The Morgan fingerprint density at radius 1 is 1.29 bits per heavy atom. The van der Waals surface area contributed by atoms with Gasteiger partial charge in [0.05, 0.1) is 31.3 Å². The van der Waals surface area contributed by atoms with Crippen molar-refractivity contribution in [3.05, 3.63) is 48.3 Å². The molecule has 2 aromatic heterocycles. The molecule has 0 atom stereocenters. The standard InChI is InChI=1S/C19H22N4O4S/c1-13-7-8-23-11-16(20-18(23)9-13)14-5-6-17(27-3)15(10-14)21-19(24)12-22(2)28(4,25)26/h5-11H,12H2,1-4H3,(H,21,24). The van der Waals surface area contributed by atoms with Gasteiger partial charge in [-0.1, -0.05) is 0 Å². The molecule has 0 aliphatic heterocycles. The fraction of sp³-hybridized carbons (Fsp3) is 0.263. The van der Waals surface area contributed by atoms with Gasteiger partial charge in [0.15, 0.2) is 0 Å². The summed E-state index contributed by atoms with van der Waals surface area (Å²) in [5.74, 6) is 0.00715. The van der Waals surface area contributed by atoms with E-state index in [4.69, 9.17) is 4.74 Å². The van der Waals surface area contributed by atoms with Gasteiger partial charge in [-0.25, -0.2) is 13.4 Å². The fourth-order valence-electron chi connectivity index (χ4n) is 2.70. The van der Waals surface area contributed by atoms with Crippen molar-refractivity contribution in [2.45, 2.75) is 6.92 Å². The zero-order valence-electron chi connectivity index (χ0n) is 16.1. The first kappa shape index (κ1) is 19.8. The van der Waals surface area contributed by atoms with Crippen molar-refractivity contribution in [2.75, 3.05) is 32.3 Å². The molecule has 1 aromatic carbocycles. The van der Waals surface area contributed by atoms with E-state index in [1.54, 1.807) is 12.1 Å². The Morgan fingerprint density at radius 2 is 2.04 bits per heavy atom. The molecule has 3 aromatic rings. The summed E-state index contributed by atoms with van der Waals surface area (Å²) < 4.78 is 31.2. The van der Waals surface area contributed by atoms with Gasteiger partial charge in [0.1, 0.15) is 11.4 Å². The molecule has 0 aliphatic rings. The monoisotopic (exact) mass is 402 g/mol. The van der Waals surface area contributed by atoms with E-state index in [0.29, 0.717) is 11.4 Å². The Bertz CT molecular complexity index is 1140. The van der Waals surface area contributed by atoms with Crippen molar-refractivity contribution in [3.8, 4) is 17.0 Å². The number of sulfonamides is 1. The maximum absolute atomic E-state index is 12.3. The van der Waals surface area contributed by atoms with Crippen LogP contribution in [-0.4, -0.2) is 55.0 Å². The van der Waals surface area contributed by atoms with Crippen LogP contribution >= 0.6 is 0 Å². The van der Waals surface area contributed by atoms with Crippen LogP contribution in [0.2, 0.25) is 0 Å². The smallest absolute Gasteiger partial charge is 0.239 e. The summed E-state index contributed by atoms with van der Waals surface area (Å²) in [6.07, 6.45) is 4.89. The van der Waals surface area contributed by atoms with E-state index in [-0.39, 0.29) is 6.54 Å². The highest BCUT2D eigenvalue weighted by atomic mass is 32.2. The topological polar surface area (TPSA) is 93.0 Å². The average Bonchev–Trinajstić information content (AvgIpc) is 3.03. The predicted octanol–water partition coefficient (Wildman–Crippen LogP) is 2.15. The van der Waals surface area contributed by atoms with E-state index in [1.165, 1.54) is 14.2 Å². The molecule has 0 unspecified atom stereocenters. The minimum atomic E-state index is -3.45. The number of methoxy groups -OCH3 is 1. The Morgan fingerprint density at radius 3 is 2.71 bits per heavy atom. The third-order valence-electron chi connectivity index (χ3n) is 4.32. The first-order chi connectivity index (χ1) is 13.2. The number of carbonyl (C=O) groups excluding carboxylic acids is 1. The van der Waals surface area contributed by atoms with Crippen LogP contribution in [0.3, 0.4) is 0 Å². The number of hydrogen-bond acceptors (Lipinski definition) is 5. The van der Waals surface area contributed by atoms with Crippen molar-refractivity contribution >= 4 is 27.3 Å². The van der Waals surface area contributed by atoms with Gasteiger partial charge in [0.25, 0.3) is 0 Å². The molecule has 2 heterocycles. The first-order valence-electron chi connectivity index (χ1n) is 8.52. The summed E-state index contributed by atoms with van der Waals surface area (Å²) in [5, 5.41) is 2.71. The SMILES string of the molecule is COc1ccc(-c2cn3ccc(C)cc3n2)cc1NC(=O)CN(C)S(C)(=O)=O. The molecular formula is C19H22N4O4S. The molecule has 28 heavy (non-hydrogen) atoms. The Labute approximate surface area is 163 Å². The number of pyridine rings is 1. The number of aryl methyl sites for hydroxylation is 1. The number of fused-ring (bicyclic) bond motifs is 1. The summed E-state index contributed by atoms with van der Waals surface area (Å²) >= 11 is 0. The number of nitrogens with zero attached hydrogens (tertiary/aromatic N) is 3. The number of likely N-dealkylation sites (N-methyl/N-ethyl adjacent to an activating group) is 1. The quantitative estimate of drug-likeness (QED) is 0.682. The Hall–Kier alpha value is -2.91. The van der Waals surface area contributed by atoms with Gasteiger partial charge in [-0.3, -0.25) is 4.79 Å². The molecule has 0 bridgehead atoms. The number of imidazole rings is 1. The van der Waals surface area contributed by atoms with Gasteiger partial charge in [-0.05, 0) is 42.8 Å². The van der Waals surface area contributed by atoms with Gasteiger partial charge in [-0.2, -0.15) is 4.31 Å². The average molecular weight is 402 g/mol. The minimum absolute atomic E-state index is 0.292. The van der Waals surface area contributed by atoms with Gasteiger partial charge in [0, 0.05) is 25.0 Å². The van der Waals surface area contributed by atoms with Gasteiger partial charge >= 0.3 is 0 Å². The van der Waals surface area contributed by atoms with E-state index in [0.717, 1.165) is 33.0 Å². The lowest BCUT2D eigenvalue weighted by Crippen LogP contribution is -2.34. The maximum atomic E-state index is 12.3. The molecule has 1 amide bonds. The minimum Gasteiger partial charge on any atom is -0.495 e. The zero-order chi connectivity index (χ0) is 20.5. The molecule has 3 rings (SSSR count). The lowest BCUT2D eigenvalue weighted by atomic mass is 10.1. The lowest BCUT2D eigenvalue weighted by Gasteiger charge is -2.15. The van der Waals surface area contributed by atoms with E-state index >= 15 is 0 Å². The van der Waals surface area contributed by atoms with Crippen LogP contribution in [0.1, 0.15) is 5.56 Å². The van der Waals surface area contributed by atoms with Crippen molar-refractivity contribution < 1.29 is 17.9 Å². The highest BCUT2D eigenvalue weighted by Gasteiger charge is 2.17. The summed E-state index contributed by atoms with van der Waals surface area (Å²) in [6.45, 7) is 1.71. The van der Waals surface area contributed by atoms with Crippen LogP contribution in [-0.2, 0) is 14.8 Å². The fourth-order valence-corrected chi connectivity index (χ4v) is 3.05. The number of rotatable bonds is 6. The van der Waals surface area contributed by atoms with Gasteiger partial charge < -0.3 is 14.5 Å². The Kier molecular flexibility index (Phi) is 5.39. The van der Waals surface area contributed by atoms with Gasteiger partial charge in [0.2, 0.25) is 15.9 Å². The molecule has 0 aliphatic carbocycles. The molecule has 0 fully saturated rings. The molecule has 1 N–H and O–H groups in total. The highest BCUT2D eigenvalue weighted by Crippen LogP contribution is 2.30. The normalized spacial score (nSPS) is 11.8. The van der Waals surface area contributed by atoms with E-state index in [9.17, 15) is 13.2 Å². The number of benzene rings is 1. The first-order valence-corrected chi connectivity index (χ1v) is 10.4. The number of anilines is 1. The summed E-state index contributed by atoms with van der Waals surface area (Å²) in [4.78, 5) is 16.9. The highest BCUT2D eigenvalue weighted by molar-refractivity contribution is 7.88. The van der Waals surface area contributed by atoms with Crippen LogP contribution in [0.4, 0.5) is 5.69 Å². The zero-order valence-corrected chi connectivity index (χ0v) is 16.9. The molecule has 0 saturated heterocycles. The van der Waals surface area contributed by atoms with Gasteiger partial charge in [-0.15, -0.1) is 0 Å².